The lowest BCUT2D eigenvalue weighted by atomic mass is 10.1. The van der Waals surface area contributed by atoms with Gasteiger partial charge in [-0.1, -0.05) is 51.0 Å². The van der Waals surface area contributed by atoms with Gasteiger partial charge in [0.1, 0.15) is 0 Å². The zero-order chi connectivity index (χ0) is 15.6. The van der Waals surface area contributed by atoms with Gasteiger partial charge in [-0.25, -0.2) is 0 Å². The maximum absolute atomic E-state index is 5.69. The zero-order valence-electron chi connectivity index (χ0n) is 14.3. The van der Waals surface area contributed by atoms with Crippen LogP contribution in [0.3, 0.4) is 0 Å². The fourth-order valence-corrected chi connectivity index (χ4v) is 3.42. The second-order valence-corrected chi connectivity index (χ2v) is 6.91. The zero-order valence-corrected chi connectivity index (χ0v) is 15.4. The summed E-state index contributed by atoms with van der Waals surface area (Å²) in [6, 6.07) is 0. The molecule has 0 aliphatic rings. The first kappa shape index (κ1) is 20.8. The molecular formula is C17H36O3Si. The molecule has 0 bridgehead atoms. The normalized spacial score (nSPS) is 11.2. The lowest BCUT2D eigenvalue weighted by Gasteiger charge is -2.14. The molecule has 0 saturated heterocycles. The minimum Gasteiger partial charge on any atom is -0.376 e. The maximum Gasteiger partial charge on any atom is 0.484 e. The minimum absolute atomic E-state index is 0.684. The highest BCUT2D eigenvalue weighted by molar-refractivity contribution is 6.36. The molecule has 0 fully saturated rings. The van der Waals surface area contributed by atoms with Crippen LogP contribution in [0.1, 0.15) is 78.1 Å². The third-order valence-electron chi connectivity index (χ3n) is 3.41. The number of unbranched alkanes of at least 4 members (excludes halogenated alkanes) is 9. The van der Waals surface area contributed by atoms with Crippen molar-refractivity contribution in [3.63, 3.8) is 0 Å². The van der Waals surface area contributed by atoms with Gasteiger partial charge in [0.05, 0.1) is 0 Å². The number of rotatable bonds is 17. The third kappa shape index (κ3) is 16.0. The van der Waals surface area contributed by atoms with Crippen molar-refractivity contribution in [2.45, 2.75) is 78.1 Å². The summed E-state index contributed by atoms with van der Waals surface area (Å²) in [5.41, 5.74) is 0. The van der Waals surface area contributed by atoms with E-state index in [1.54, 1.807) is 0 Å². The second kappa shape index (κ2) is 17.9. The second-order valence-electron chi connectivity index (χ2n) is 5.33. The molecule has 0 aromatic rings. The molecule has 0 rings (SSSR count). The number of allylic oxidation sites excluding steroid dienone is 1. The monoisotopic (exact) mass is 316 g/mol. The predicted molar refractivity (Wildman–Crippen MR) is 92.7 cm³/mol. The van der Waals surface area contributed by atoms with Gasteiger partial charge in [-0.3, -0.25) is 0 Å². The first-order valence-corrected chi connectivity index (χ1v) is 10.2. The molecule has 0 heterocycles. The molecule has 126 valence electrons. The van der Waals surface area contributed by atoms with Gasteiger partial charge in [0, 0.05) is 19.8 Å². The summed E-state index contributed by atoms with van der Waals surface area (Å²) in [4.78, 5) is 0. The molecule has 0 atom stereocenters. The highest BCUT2D eigenvalue weighted by Gasteiger charge is 2.12. The molecule has 0 unspecified atom stereocenters. The van der Waals surface area contributed by atoms with Crippen LogP contribution in [0.2, 0.25) is 0 Å². The van der Waals surface area contributed by atoms with Crippen molar-refractivity contribution in [2.75, 3.05) is 19.8 Å². The maximum atomic E-state index is 5.69. The van der Waals surface area contributed by atoms with Gasteiger partial charge in [-0.15, -0.1) is 6.58 Å². The number of hydrogen-bond acceptors (Lipinski definition) is 3. The predicted octanol–water partition coefficient (Wildman–Crippen LogP) is 4.88. The largest absolute Gasteiger partial charge is 0.484 e. The van der Waals surface area contributed by atoms with Crippen molar-refractivity contribution >= 4 is 9.53 Å². The molecule has 21 heavy (non-hydrogen) atoms. The van der Waals surface area contributed by atoms with Gasteiger partial charge in [0.2, 0.25) is 0 Å². The van der Waals surface area contributed by atoms with Crippen molar-refractivity contribution in [1.82, 2.24) is 0 Å². The minimum atomic E-state index is -1.83. The van der Waals surface area contributed by atoms with Crippen molar-refractivity contribution in [1.29, 1.82) is 0 Å². The Bertz CT molecular complexity index is 206. The molecule has 0 spiro atoms. The SMILES string of the molecule is C=CCCCCCCCCCCCO[SiH](OCC)OCC. The summed E-state index contributed by atoms with van der Waals surface area (Å²) < 4.78 is 16.6. The van der Waals surface area contributed by atoms with E-state index < -0.39 is 9.53 Å². The Morgan fingerprint density at radius 1 is 0.714 bits per heavy atom. The summed E-state index contributed by atoms with van der Waals surface area (Å²) >= 11 is 0. The van der Waals surface area contributed by atoms with Crippen LogP contribution in [0.15, 0.2) is 12.7 Å². The van der Waals surface area contributed by atoms with E-state index >= 15 is 0 Å². The Hall–Kier alpha value is -0.163. The van der Waals surface area contributed by atoms with E-state index in [9.17, 15) is 0 Å². The van der Waals surface area contributed by atoms with Gasteiger partial charge in [0.15, 0.2) is 0 Å². The van der Waals surface area contributed by atoms with Gasteiger partial charge in [-0.2, -0.15) is 0 Å². The van der Waals surface area contributed by atoms with Crippen LogP contribution in [0, 0.1) is 0 Å². The van der Waals surface area contributed by atoms with Crippen LogP contribution in [0.4, 0.5) is 0 Å². The van der Waals surface area contributed by atoms with Gasteiger partial charge in [0.25, 0.3) is 0 Å². The Morgan fingerprint density at radius 2 is 1.19 bits per heavy atom. The van der Waals surface area contributed by atoms with Gasteiger partial charge >= 0.3 is 9.53 Å². The van der Waals surface area contributed by atoms with Crippen LogP contribution in [0.25, 0.3) is 0 Å². The molecule has 3 nitrogen and oxygen atoms in total. The summed E-state index contributed by atoms with van der Waals surface area (Å²) in [5.74, 6) is 0. The first-order chi connectivity index (χ1) is 10.3. The van der Waals surface area contributed by atoms with E-state index in [4.69, 9.17) is 13.3 Å². The highest BCUT2D eigenvalue weighted by atomic mass is 28.3. The summed E-state index contributed by atoms with van der Waals surface area (Å²) in [6.07, 6.45) is 15.1. The molecular weight excluding hydrogens is 280 g/mol. The van der Waals surface area contributed by atoms with Gasteiger partial charge in [-0.05, 0) is 33.1 Å². The smallest absolute Gasteiger partial charge is 0.376 e. The van der Waals surface area contributed by atoms with Crippen molar-refractivity contribution < 1.29 is 13.3 Å². The topological polar surface area (TPSA) is 27.7 Å². The Morgan fingerprint density at radius 3 is 1.67 bits per heavy atom. The molecule has 0 N–H and O–H groups in total. The average Bonchev–Trinajstić information content (AvgIpc) is 2.48. The summed E-state index contributed by atoms with van der Waals surface area (Å²) in [6.45, 7) is 9.88. The van der Waals surface area contributed by atoms with Crippen LogP contribution >= 0.6 is 0 Å². The van der Waals surface area contributed by atoms with Gasteiger partial charge < -0.3 is 13.3 Å². The van der Waals surface area contributed by atoms with E-state index in [1.807, 2.05) is 19.9 Å². The fourth-order valence-electron chi connectivity index (χ4n) is 2.22. The third-order valence-corrected chi connectivity index (χ3v) is 5.13. The van der Waals surface area contributed by atoms with Crippen molar-refractivity contribution in [2.24, 2.45) is 0 Å². The fraction of sp³-hybridized carbons (Fsp3) is 0.882. The lowest BCUT2D eigenvalue weighted by Crippen LogP contribution is -2.27. The van der Waals surface area contributed by atoms with Crippen LogP contribution in [-0.4, -0.2) is 29.3 Å². The first-order valence-electron chi connectivity index (χ1n) is 8.80. The Kier molecular flexibility index (Phi) is 17.7. The van der Waals surface area contributed by atoms with Crippen molar-refractivity contribution in [3.05, 3.63) is 12.7 Å². The Balaban J connectivity index is 3.18. The molecule has 0 aromatic heterocycles. The van der Waals surface area contributed by atoms with Crippen molar-refractivity contribution in [3.8, 4) is 0 Å². The highest BCUT2D eigenvalue weighted by Crippen LogP contribution is 2.10. The number of hydrogen-bond donors (Lipinski definition) is 0. The van der Waals surface area contributed by atoms with Crippen LogP contribution < -0.4 is 0 Å². The van der Waals surface area contributed by atoms with E-state index in [0.29, 0.717) is 13.2 Å². The summed E-state index contributed by atoms with van der Waals surface area (Å²) in [5, 5.41) is 0. The summed E-state index contributed by atoms with van der Waals surface area (Å²) in [7, 11) is -1.83. The quantitative estimate of drug-likeness (QED) is 0.217. The Labute approximate surface area is 134 Å². The van der Waals surface area contributed by atoms with Crippen LogP contribution in [0.5, 0.6) is 0 Å². The molecule has 0 radical (unpaired) electrons. The van der Waals surface area contributed by atoms with E-state index in [1.165, 1.54) is 57.8 Å². The standard InChI is InChI=1S/C17H36O3Si/c1-4-7-8-9-10-11-12-13-14-15-16-17-20-21(18-5-2)19-6-3/h4,21H,1,5-17H2,2-3H3. The molecule has 0 saturated carbocycles. The van der Waals surface area contributed by atoms with E-state index in [-0.39, 0.29) is 0 Å². The van der Waals surface area contributed by atoms with E-state index in [2.05, 4.69) is 6.58 Å². The average molecular weight is 317 g/mol. The molecule has 0 aromatic carbocycles. The molecule has 0 aliphatic carbocycles. The molecule has 0 aliphatic heterocycles. The van der Waals surface area contributed by atoms with Crippen LogP contribution in [-0.2, 0) is 13.3 Å². The lowest BCUT2D eigenvalue weighted by molar-refractivity contribution is 0.100. The molecule has 0 amide bonds. The molecule has 4 heteroatoms. The van der Waals surface area contributed by atoms with E-state index in [0.717, 1.165) is 13.0 Å².